The molecule has 0 unspecified atom stereocenters. The number of nitrogens with zero attached hydrogens (tertiary/aromatic N) is 2. The summed E-state index contributed by atoms with van der Waals surface area (Å²) in [6.45, 7) is 6.36. The first-order chi connectivity index (χ1) is 11.1. The molecule has 0 bridgehead atoms. The number of carbonyl (C=O) groups is 1. The summed E-state index contributed by atoms with van der Waals surface area (Å²) in [6, 6.07) is 2.15. The maximum absolute atomic E-state index is 12.3. The van der Waals surface area contributed by atoms with Crippen molar-refractivity contribution in [1.29, 1.82) is 0 Å². The quantitative estimate of drug-likeness (QED) is 0.496. The first-order valence-corrected chi connectivity index (χ1v) is 9.55. The van der Waals surface area contributed by atoms with Crippen molar-refractivity contribution in [3.8, 4) is 0 Å². The maximum atomic E-state index is 12.3. The fourth-order valence-electron chi connectivity index (χ4n) is 2.53. The molecule has 3 heterocycles. The van der Waals surface area contributed by atoms with Crippen LogP contribution in [0, 0.1) is 6.92 Å². The van der Waals surface area contributed by atoms with Crippen LogP contribution in [-0.4, -0.2) is 21.6 Å². The second kappa shape index (κ2) is 6.84. The summed E-state index contributed by atoms with van der Waals surface area (Å²) in [6.07, 6.45) is 5.92. The Balaban J connectivity index is 1.95. The highest BCUT2D eigenvalue weighted by Crippen LogP contribution is 2.34. The third kappa shape index (κ3) is 3.33. The standard InChI is InChI=1S/C17H19N3OS2/c1-4-6-14-10(3)7-11(23-14)8-12-13-9-18-17(22-5-2)20-15(13)19-16(12)21/h7-9H,4-6H2,1-3H3,(H,18,19,20,21). The number of fused-ring (bicyclic) bond motifs is 1. The van der Waals surface area contributed by atoms with Crippen LogP contribution >= 0.6 is 23.1 Å². The van der Waals surface area contributed by atoms with Crippen molar-refractivity contribution in [2.45, 2.75) is 38.8 Å². The lowest BCUT2D eigenvalue weighted by Gasteiger charge is -2.00. The molecular formula is C17H19N3OS2. The molecule has 0 atom stereocenters. The minimum Gasteiger partial charge on any atom is -0.306 e. The fourth-order valence-corrected chi connectivity index (χ4v) is 4.30. The molecule has 0 saturated heterocycles. The van der Waals surface area contributed by atoms with Gasteiger partial charge < -0.3 is 5.32 Å². The molecule has 1 N–H and O–H groups in total. The molecule has 0 radical (unpaired) electrons. The highest BCUT2D eigenvalue weighted by molar-refractivity contribution is 7.99. The minimum atomic E-state index is -0.101. The molecule has 23 heavy (non-hydrogen) atoms. The van der Waals surface area contributed by atoms with Gasteiger partial charge in [0.25, 0.3) is 5.91 Å². The van der Waals surface area contributed by atoms with Gasteiger partial charge in [-0.15, -0.1) is 11.3 Å². The number of rotatable bonds is 5. The molecule has 1 aliphatic heterocycles. The van der Waals surface area contributed by atoms with E-state index in [-0.39, 0.29) is 5.91 Å². The number of thioether (sulfide) groups is 1. The van der Waals surface area contributed by atoms with Gasteiger partial charge in [-0.25, -0.2) is 9.97 Å². The average Bonchev–Trinajstić information content (AvgIpc) is 3.01. The van der Waals surface area contributed by atoms with E-state index in [1.807, 2.05) is 6.08 Å². The molecule has 6 heteroatoms. The Labute approximate surface area is 144 Å². The number of hydrogen-bond donors (Lipinski definition) is 1. The number of anilines is 1. The van der Waals surface area contributed by atoms with Gasteiger partial charge in [-0.2, -0.15) is 0 Å². The lowest BCUT2D eigenvalue weighted by Crippen LogP contribution is -2.04. The van der Waals surface area contributed by atoms with Crippen molar-refractivity contribution in [3.05, 3.63) is 33.1 Å². The van der Waals surface area contributed by atoms with E-state index in [0.29, 0.717) is 16.5 Å². The lowest BCUT2D eigenvalue weighted by atomic mass is 10.1. The number of nitrogens with one attached hydrogen (secondary N) is 1. The van der Waals surface area contributed by atoms with E-state index in [1.54, 1.807) is 29.3 Å². The number of thiophene rings is 1. The maximum Gasteiger partial charge on any atom is 0.257 e. The van der Waals surface area contributed by atoms with Crippen LogP contribution in [0.1, 0.15) is 41.1 Å². The second-order valence-corrected chi connectivity index (χ2v) is 7.76. The predicted octanol–water partition coefficient (Wildman–Crippen LogP) is 4.40. The average molecular weight is 345 g/mol. The molecule has 1 amide bonds. The van der Waals surface area contributed by atoms with Gasteiger partial charge in [-0.3, -0.25) is 4.79 Å². The molecule has 4 nitrogen and oxygen atoms in total. The van der Waals surface area contributed by atoms with Gasteiger partial charge in [-0.05, 0) is 36.8 Å². The lowest BCUT2D eigenvalue weighted by molar-refractivity contribution is -0.110. The summed E-state index contributed by atoms with van der Waals surface area (Å²) < 4.78 is 0. The molecule has 2 aromatic heterocycles. The van der Waals surface area contributed by atoms with Crippen LogP contribution in [0.25, 0.3) is 11.6 Å². The van der Waals surface area contributed by atoms with Crippen LogP contribution in [0.3, 0.4) is 0 Å². The molecule has 0 aliphatic carbocycles. The summed E-state index contributed by atoms with van der Waals surface area (Å²) in [5, 5.41) is 3.55. The largest absolute Gasteiger partial charge is 0.306 e. The molecule has 0 saturated carbocycles. The van der Waals surface area contributed by atoms with Crippen LogP contribution in [0.15, 0.2) is 17.4 Å². The number of carbonyl (C=O) groups excluding carboxylic acids is 1. The second-order valence-electron chi connectivity index (χ2n) is 5.36. The van der Waals surface area contributed by atoms with E-state index >= 15 is 0 Å². The summed E-state index contributed by atoms with van der Waals surface area (Å²) >= 11 is 3.33. The van der Waals surface area contributed by atoms with E-state index in [0.717, 1.165) is 29.0 Å². The number of aryl methyl sites for hydroxylation is 2. The van der Waals surface area contributed by atoms with Gasteiger partial charge in [0, 0.05) is 21.5 Å². The predicted molar refractivity (Wildman–Crippen MR) is 98.0 cm³/mol. The smallest absolute Gasteiger partial charge is 0.257 e. The van der Waals surface area contributed by atoms with E-state index in [2.05, 4.69) is 42.1 Å². The number of amides is 1. The third-order valence-corrected chi connectivity index (χ3v) is 5.60. The Kier molecular flexibility index (Phi) is 4.82. The third-order valence-electron chi connectivity index (χ3n) is 3.61. The van der Waals surface area contributed by atoms with Crippen LogP contribution in [0.4, 0.5) is 5.82 Å². The first-order valence-electron chi connectivity index (χ1n) is 7.75. The highest BCUT2D eigenvalue weighted by atomic mass is 32.2. The molecule has 3 rings (SSSR count). The SMILES string of the molecule is CCCc1sc(C=C2C(=O)Nc3nc(SCC)ncc32)cc1C. The van der Waals surface area contributed by atoms with Crippen LogP contribution in [0.5, 0.6) is 0 Å². The Morgan fingerprint density at radius 3 is 2.96 bits per heavy atom. The van der Waals surface area contributed by atoms with Crippen molar-refractivity contribution in [2.75, 3.05) is 11.1 Å². The Bertz CT molecular complexity index is 780. The first kappa shape index (κ1) is 16.2. The molecular weight excluding hydrogens is 326 g/mol. The summed E-state index contributed by atoms with van der Waals surface area (Å²) in [5.41, 5.74) is 2.74. The van der Waals surface area contributed by atoms with Crippen molar-refractivity contribution < 1.29 is 4.79 Å². The molecule has 0 aromatic carbocycles. The van der Waals surface area contributed by atoms with Gasteiger partial charge in [0.15, 0.2) is 5.16 Å². The van der Waals surface area contributed by atoms with Crippen molar-refractivity contribution in [3.63, 3.8) is 0 Å². The topological polar surface area (TPSA) is 54.9 Å². The van der Waals surface area contributed by atoms with Crippen LogP contribution < -0.4 is 5.32 Å². The summed E-state index contributed by atoms with van der Waals surface area (Å²) in [7, 11) is 0. The molecule has 1 aliphatic rings. The van der Waals surface area contributed by atoms with Gasteiger partial charge in [0.1, 0.15) is 5.82 Å². The summed E-state index contributed by atoms with van der Waals surface area (Å²) in [4.78, 5) is 23.5. The Hall–Kier alpha value is -1.66. The number of aromatic nitrogens is 2. The van der Waals surface area contributed by atoms with E-state index in [1.165, 1.54) is 10.4 Å². The monoisotopic (exact) mass is 345 g/mol. The van der Waals surface area contributed by atoms with Crippen molar-refractivity contribution >= 4 is 46.5 Å². The molecule has 0 fully saturated rings. The van der Waals surface area contributed by atoms with Crippen LogP contribution in [-0.2, 0) is 11.2 Å². The zero-order valence-electron chi connectivity index (χ0n) is 13.5. The van der Waals surface area contributed by atoms with E-state index in [9.17, 15) is 4.79 Å². The van der Waals surface area contributed by atoms with Crippen molar-refractivity contribution in [1.82, 2.24) is 9.97 Å². The van der Waals surface area contributed by atoms with Gasteiger partial charge in [-0.1, -0.05) is 32.0 Å². The van der Waals surface area contributed by atoms with Gasteiger partial charge in [0.2, 0.25) is 0 Å². The Morgan fingerprint density at radius 1 is 1.39 bits per heavy atom. The number of hydrogen-bond acceptors (Lipinski definition) is 5. The Morgan fingerprint density at radius 2 is 2.22 bits per heavy atom. The van der Waals surface area contributed by atoms with Crippen molar-refractivity contribution in [2.24, 2.45) is 0 Å². The zero-order chi connectivity index (χ0) is 16.4. The normalized spacial score (nSPS) is 15.1. The zero-order valence-corrected chi connectivity index (χ0v) is 15.1. The van der Waals surface area contributed by atoms with Gasteiger partial charge in [0.05, 0.1) is 5.57 Å². The van der Waals surface area contributed by atoms with E-state index < -0.39 is 0 Å². The molecule has 0 spiro atoms. The minimum absolute atomic E-state index is 0.101. The van der Waals surface area contributed by atoms with Gasteiger partial charge >= 0.3 is 0 Å². The molecule has 2 aromatic rings. The molecule has 120 valence electrons. The fraction of sp³-hybridized carbons (Fsp3) is 0.353. The highest BCUT2D eigenvalue weighted by Gasteiger charge is 2.26. The van der Waals surface area contributed by atoms with E-state index in [4.69, 9.17) is 0 Å². The van der Waals surface area contributed by atoms with Crippen LogP contribution in [0.2, 0.25) is 0 Å². The summed E-state index contributed by atoms with van der Waals surface area (Å²) in [5.74, 6) is 1.43.